The quantitative estimate of drug-likeness (QED) is 0.737. The van der Waals surface area contributed by atoms with Gasteiger partial charge in [-0.25, -0.2) is 4.68 Å². The van der Waals surface area contributed by atoms with Crippen molar-refractivity contribution in [3.05, 3.63) is 41.2 Å². The van der Waals surface area contributed by atoms with E-state index in [0.29, 0.717) is 19.5 Å². The van der Waals surface area contributed by atoms with Gasteiger partial charge in [0.25, 0.3) is 0 Å². The summed E-state index contributed by atoms with van der Waals surface area (Å²) in [5, 5.41) is 8.76. The van der Waals surface area contributed by atoms with Crippen LogP contribution in [0.1, 0.15) is 42.8 Å². The number of nitrogens with zero attached hydrogens (tertiary/aromatic N) is 4. The molecule has 0 saturated heterocycles. The minimum Gasteiger partial charge on any atom is -0.376 e. The molecule has 0 radical (unpaired) electrons. The van der Waals surface area contributed by atoms with Crippen LogP contribution in [-0.2, 0) is 25.5 Å². The molecule has 2 unspecified atom stereocenters. The molecule has 2 aromatic rings. The molecule has 2 heterocycles. The van der Waals surface area contributed by atoms with Crippen molar-refractivity contribution in [1.29, 1.82) is 0 Å². The van der Waals surface area contributed by atoms with E-state index in [1.807, 2.05) is 31.2 Å². The molecule has 1 aliphatic heterocycles. The molecule has 1 aromatic carbocycles. The van der Waals surface area contributed by atoms with E-state index in [1.165, 1.54) is 6.92 Å². The van der Waals surface area contributed by atoms with E-state index in [9.17, 15) is 9.59 Å². The first-order chi connectivity index (χ1) is 13.9. The van der Waals surface area contributed by atoms with Crippen LogP contribution in [0.25, 0.3) is 5.69 Å². The highest BCUT2D eigenvalue weighted by Crippen LogP contribution is 2.29. The normalized spacial score (nSPS) is 19.4. The second-order valence-corrected chi connectivity index (χ2v) is 7.39. The molecule has 0 spiro atoms. The van der Waals surface area contributed by atoms with Crippen LogP contribution in [0.4, 0.5) is 0 Å². The number of carbonyl (C=O) groups excluding carboxylic acids is 2. The molecule has 1 amide bonds. The third-order valence-electron chi connectivity index (χ3n) is 5.30. The van der Waals surface area contributed by atoms with Gasteiger partial charge in [0, 0.05) is 46.6 Å². The SMILES string of the molecule is COC1CN(C(=O)CCC(C)=O)CCc2c(nnn2-c2ccc(C)cc2)C1OC. The zero-order chi connectivity index (χ0) is 21.0. The van der Waals surface area contributed by atoms with Crippen molar-refractivity contribution in [3.63, 3.8) is 0 Å². The van der Waals surface area contributed by atoms with Gasteiger partial charge < -0.3 is 19.2 Å². The van der Waals surface area contributed by atoms with Gasteiger partial charge in [-0.3, -0.25) is 4.79 Å². The maximum absolute atomic E-state index is 12.7. The van der Waals surface area contributed by atoms with E-state index >= 15 is 0 Å². The van der Waals surface area contributed by atoms with E-state index in [0.717, 1.165) is 22.6 Å². The number of benzene rings is 1. The fourth-order valence-electron chi connectivity index (χ4n) is 3.61. The Morgan fingerprint density at radius 1 is 1.14 bits per heavy atom. The van der Waals surface area contributed by atoms with Gasteiger partial charge in [0.05, 0.1) is 11.4 Å². The van der Waals surface area contributed by atoms with Gasteiger partial charge >= 0.3 is 0 Å². The Balaban J connectivity index is 1.94. The van der Waals surface area contributed by atoms with Crippen LogP contribution < -0.4 is 0 Å². The molecule has 1 aliphatic rings. The highest BCUT2D eigenvalue weighted by atomic mass is 16.5. The summed E-state index contributed by atoms with van der Waals surface area (Å²) in [6, 6.07) is 8.04. The minimum atomic E-state index is -0.447. The lowest BCUT2D eigenvalue weighted by Crippen LogP contribution is -2.44. The zero-order valence-corrected chi connectivity index (χ0v) is 17.4. The summed E-state index contributed by atoms with van der Waals surface area (Å²) in [5.74, 6) is -0.0534. The maximum atomic E-state index is 12.7. The Morgan fingerprint density at radius 2 is 1.86 bits per heavy atom. The van der Waals surface area contributed by atoms with Crippen LogP contribution >= 0.6 is 0 Å². The maximum Gasteiger partial charge on any atom is 0.223 e. The molecular weight excluding hydrogens is 372 g/mol. The van der Waals surface area contributed by atoms with Crippen LogP contribution in [0, 0.1) is 6.92 Å². The largest absolute Gasteiger partial charge is 0.376 e. The lowest BCUT2D eigenvalue weighted by Gasteiger charge is -2.33. The van der Waals surface area contributed by atoms with Crippen LogP contribution in [0.5, 0.6) is 0 Å². The van der Waals surface area contributed by atoms with E-state index < -0.39 is 6.10 Å². The third kappa shape index (κ3) is 4.71. The highest BCUT2D eigenvalue weighted by Gasteiger charge is 2.34. The highest BCUT2D eigenvalue weighted by molar-refractivity contribution is 5.83. The van der Waals surface area contributed by atoms with Gasteiger partial charge in [-0.05, 0) is 26.0 Å². The Bertz CT molecular complexity index is 862. The first-order valence-corrected chi connectivity index (χ1v) is 9.79. The van der Waals surface area contributed by atoms with Crippen LogP contribution in [0.2, 0.25) is 0 Å². The van der Waals surface area contributed by atoms with Crippen molar-refractivity contribution in [2.75, 3.05) is 27.3 Å². The molecule has 0 N–H and O–H groups in total. The van der Waals surface area contributed by atoms with E-state index in [-0.39, 0.29) is 30.6 Å². The van der Waals surface area contributed by atoms with Gasteiger partial charge in [-0.1, -0.05) is 22.9 Å². The monoisotopic (exact) mass is 400 g/mol. The number of aryl methyl sites for hydroxylation is 1. The molecule has 0 bridgehead atoms. The number of methoxy groups -OCH3 is 2. The smallest absolute Gasteiger partial charge is 0.223 e. The van der Waals surface area contributed by atoms with E-state index in [1.54, 1.807) is 23.8 Å². The first kappa shape index (κ1) is 21.1. The number of Topliss-reactive ketones (excluding diaryl/α,β-unsaturated/α-hetero) is 1. The third-order valence-corrected chi connectivity index (χ3v) is 5.30. The molecule has 29 heavy (non-hydrogen) atoms. The molecule has 0 aliphatic carbocycles. The second kappa shape index (κ2) is 9.28. The number of ketones is 1. The molecule has 156 valence electrons. The van der Waals surface area contributed by atoms with Crippen LogP contribution in [0.15, 0.2) is 24.3 Å². The van der Waals surface area contributed by atoms with Gasteiger partial charge in [-0.2, -0.15) is 0 Å². The number of ether oxygens (including phenoxy) is 2. The molecule has 8 heteroatoms. The van der Waals surface area contributed by atoms with Gasteiger partial charge in [-0.15, -0.1) is 5.10 Å². The van der Waals surface area contributed by atoms with E-state index in [4.69, 9.17) is 9.47 Å². The minimum absolute atomic E-state index is 0.00684. The lowest BCUT2D eigenvalue weighted by molar-refractivity contribution is -0.137. The summed E-state index contributed by atoms with van der Waals surface area (Å²) in [7, 11) is 3.20. The Labute approximate surface area is 170 Å². The second-order valence-electron chi connectivity index (χ2n) is 7.39. The number of hydrogen-bond acceptors (Lipinski definition) is 6. The fourth-order valence-corrected chi connectivity index (χ4v) is 3.61. The van der Waals surface area contributed by atoms with Crippen molar-refractivity contribution < 1.29 is 19.1 Å². The summed E-state index contributed by atoms with van der Waals surface area (Å²) in [5.41, 5.74) is 3.69. The molecule has 8 nitrogen and oxygen atoms in total. The van der Waals surface area contributed by atoms with Gasteiger partial charge in [0.1, 0.15) is 23.7 Å². The van der Waals surface area contributed by atoms with Crippen LogP contribution in [0.3, 0.4) is 0 Å². The predicted octanol–water partition coefficient (Wildman–Crippen LogP) is 2.03. The zero-order valence-electron chi connectivity index (χ0n) is 17.4. The summed E-state index contributed by atoms with van der Waals surface area (Å²) in [4.78, 5) is 25.7. The van der Waals surface area contributed by atoms with Crippen molar-refractivity contribution in [2.45, 2.75) is 45.3 Å². The predicted molar refractivity (Wildman–Crippen MR) is 107 cm³/mol. The standard InChI is InChI=1S/C21H28N4O4/c1-14-5-8-16(9-6-14)25-17-11-12-24(19(27)10-7-15(2)26)13-18(28-3)21(29-4)20(17)22-23-25/h5-6,8-9,18,21H,7,10-13H2,1-4H3. The summed E-state index contributed by atoms with van der Waals surface area (Å²) in [6.45, 7) is 4.41. The van der Waals surface area contributed by atoms with Crippen molar-refractivity contribution in [3.8, 4) is 5.69 Å². The Hall–Kier alpha value is -2.58. The lowest BCUT2D eigenvalue weighted by atomic mass is 10.0. The Kier molecular flexibility index (Phi) is 6.76. The Morgan fingerprint density at radius 3 is 2.48 bits per heavy atom. The molecule has 0 fully saturated rings. The summed E-state index contributed by atoms with van der Waals surface area (Å²) < 4.78 is 13.2. The van der Waals surface area contributed by atoms with Crippen LogP contribution in [-0.4, -0.2) is 65.0 Å². The number of hydrogen-bond donors (Lipinski definition) is 0. The number of aromatic nitrogens is 3. The molecule has 1 aromatic heterocycles. The summed E-state index contributed by atoms with van der Waals surface area (Å²) in [6.07, 6.45) is 0.194. The topological polar surface area (TPSA) is 86.5 Å². The number of fused-ring (bicyclic) bond motifs is 1. The molecular formula is C21H28N4O4. The fraction of sp³-hybridized carbons (Fsp3) is 0.524. The molecule has 3 rings (SSSR count). The first-order valence-electron chi connectivity index (χ1n) is 9.79. The van der Waals surface area contributed by atoms with E-state index in [2.05, 4.69) is 10.3 Å². The average molecular weight is 400 g/mol. The van der Waals surface area contributed by atoms with Crippen molar-refractivity contribution in [2.24, 2.45) is 0 Å². The molecule has 0 saturated carbocycles. The number of carbonyl (C=O) groups is 2. The van der Waals surface area contributed by atoms with Gasteiger partial charge in [0.15, 0.2) is 0 Å². The van der Waals surface area contributed by atoms with Gasteiger partial charge in [0.2, 0.25) is 5.91 Å². The molecule has 2 atom stereocenters. The number of rotatable bonds is 6. The number of amides is 1. The van der Waals surface area contributed by atoms with Crippen molar-refractivity contribution in [1.82, 2.24) is 19.9 Å². The average Bonchev–Trinajstić information content (AvgIpc) is 3.10. The summed E-state index contributed by atoms with van der Waals surface area (Å²) >= 11 is 0. The van der Waals surface area contributed by atoms with Crippen molar-refractivity contribution >= 4 is 11.7 Å².